The summed E-state index contributed by atoms with van der Waals surface area (Å²) in [4.78, 5) is 0. The molecule has 1 nitrogen and oxygen atoms in total. The van der Waals surface area contributed by atoms with Crippen molar-refractivity contribution in [3.8, 4) is 16.9 Å². The van der Waals surface area contributed by atoms with Crippen LogP contribution in [-0.2, 0) is 0 Å². The second kappa shape index (κ2) is 4.22. The number of rotatable bonds is 1. The largest absolute Gasteiger partial charge is 0.507 e. The van der Waals surface area contributed by atoms with Gasteiger partial charge >= 0.3 is 0 Å². The van der Waals surface area contributed by atoms with Gasteiger partial charge in [-0.15, -0.1) is 0 Å². The summed E-state index contributed by atoms with van der Waals surface area (Å²) in [5.74, 6) is -1.16. The van der Waals surface area contributed by atoms with Crippen LogP contribution in [-0.4, -0.2) is 5.11 Å². The Balaban J connectivity index is 2.58. The molecule has 1 N–H and O–H groups in total. The van der Waals surface area contributed by atoms with Crippen molar-refractivity contribution >= 4 is 15.9 Å². The van der Waals surface area contributed by atoms with E-state index in [0.717, 1.165) is 6.07 Å². The Bertz CT molecular complexity index is 520. The van der Waals surface area contributed by atoms with Crippen LogP contribution >= 0.6 is 15.9 Å². The molecule has 0 aliphatic heterocycles. The normalized spacial score (nSPS) is 10.4. The molecule has 0 aliphatic carbocycles. The van der Waals surface area contributed by atoms with Crippen LogP contribution in [0.5, 0.6) is 5.75 Å². The topological polar surface area (TPSA) is 20.2 Å². The monoisotopic (exact) mass is 284 g/mol. The molecule has 0 fully saturated rings. The Morgan fingerprint density at radius 2 is 1.69 bits per heavy atom. The van der Waals surface area contributed by atoms with E-state index in [1.54, 1.807) is 6.07 Å². The summed E-state index contributed by atoms with van der Waals surface area (Å²) in [7, 11) is 0. The Morgan fingerprint density at radius 3 is 2.31 bits per heavy atom. The van der Waals surface area contributed by atoms with E-state index < -0.39 is 11.6 Å². The summed E-state index contributed by atoms with van der Waals surface area (Å²) < 4.78 is 26.5. The van der Waals surface area contributed by atoms with Gasteiger partial charge in [-0.3, -0.25) is 0 Å². The standard InChI is InChI=1S/C12H7BrF2O/c13-8-3-7(4-10(15)5-8)11-2-1-9(14)6-12(11)16/h1-6,16H. The van der Waals surface area contributed by atoms with Crippen LogP contribution in [0, 0.1) is 11.6 Å². The first-order valence-corrected chi connectivity index (χ1v) is 5.30. The molecule has 0 unspecified atom stereocenters. The van der Waals surface area contributed by atoms with E-state index in [1.165, 1.54) is 24.3 Å². The van der Waals surface area contributed by atoms with E-state index >= 15 is 0 Å². The van der Waals surface area contributed by atoms with Gasteiger partial charge in [0.15, 0.2) is 0 Å². The minimum atomic E-state index is -0.531. The highest BCUT2D eigenvalue weighted by Crippen LogP contribution is 2.31. The molecule has 0 spiro atoms. The van der Waals surface area contributed by atoms with Gasteiger partial charge in [0.25, 0.3) is 0 Å². The van der Waals surface area contributed by atoms with Gasteiger partial charge < -0.3 is 5.11 Å². The molecule has 0 saturated heterocycles. The number of halogens is 3. The smallest absolute Gasteiger partial charge is 0.126 e. The fraction of sp³-hybridized carbons (Fsp3) is 0. The molecule has 2 aromatic carbocycles. The van der Waals surface area contributed by atoms with Crippen LogP contribution in [0.25, 0.3) is 11.1 Å². The molecular weight excluding hydrogens is 278 g/mol. The van der Waals surface area contributed by atoms with Crippen molar-refractivity contribution in [1.82, 2.24) is 0 Å². The van der Waals surface area contributed by atoms with Crippen molar-refractivity contribution in [3.63, 3.8) is 0 Å². The van der Waals surface area contributed by atoms with Crippen molar-refractivity contribution in [2.45, 2.75) is 0 Å². The Hall–Kier alpha value is -1.42. The van der Waals surface area contributed by atoms with Gasteiger partial charge in [0.05, 0.1) is 0 Å². The van der Waals surface area contributed by atoms with E-state index in [9.17, 15) is 13.9 Å². The van der Waals surface area contributed by atoms with Crippen LogP contribution in [0.1, 0.15) is 0 Å². The SMILES string of the molecule is Oc1cc(F)ccc1-c1cc(F)cc(Br)c1. The molecule has 82 valence electrons. The lowest BCUT2D eigenvalue weighted by Crippen LogP contribution is -1.83. The molecular formula is C12H7BrF2O. The van der Waals surface area contributed by atoms with Crippen LogP contribution in [0.15, 0.2) is 40.9 Å². The zero-order valence-corrected chi connectivity index (χ0v) is 9.63. The zero-order valence-electron chi connectivity index (χ0n) is 8.05. The molecule has 4 heteroatoms. The van der Waals surface area contributed by atoms with E-state index in [0.29, 0.717) is 15.6 Å². The Labute approximate surface area is 99.5 Å². The maximum absolute atomic E-state index is 13.1. The predicted molar refractivity (Wildman–Crippen MR) is 61.2 cm³/mol. The van der Waals surface area contributed by atoms with Crippen LogP contribution in [0.2, 0.25) is 0 Å². The van der Waals surface area contributed by atoms with Gasteiger partial charge in [-0.05, 0) is 35.9 Å². The van der Waals surface area contributed by atoms with Crippen molar-refractivity contribution in [2.75, 3.05) is 0 Å². The van der Waals surface area contributed by atoms with E-state index in [4.69, 9.17) is 0 Å². The average molecular weight is 285 g/mol. The van der Waals surface area contributed by atoms with Gasteiger partial charge in [-0.1, -0.05) is 15.9 Å². The summed E-state index contributed by atoms with van der Waals surface area (Å²) in [5, 5.41) is 9.55. The fourth-order valence-corrected chi connectivity index (χ4v) is 1.92. The molecule has 2 aromatic rings. The quantitative estimate of drug-likeness (QED) is 0.836. The number of phenols is 1. The van der Waals surface area contributed by atoms with E-state index in [-0.39, 0.29) is 5.75 Å². The summed E-state index contributed by atoms with van der Waals surface area (Å²) in [6.07, 6.45) is 0. The molecule has 16 heavy (non-hydrogen) atoms. The van der Waals surface area contributed by atoms with Gasteiger partial charge in [-0.2, -0.15) is 0 Å². The number of hydrogen-bond donors (Lipinski definition) is 1. The molecule has 0 radical (unpaired) electrons. The number of hydrogen-bond acceptors (Lipinski definition) is 1. The molecule has 0 heterocycles. The molecule has 0 atom stereocenters. The third-order valence-corrected chi connectivity index (χ3v) is 2.59. The molecule has 0 aliphatic rings. The van der Waals surface area contributed by atoms with Gasteiger partial charge in [0, 0.05) is 16.1 Å². The summed E-state index contributed by atoms with van der Waals surface area (Å²) >= 11 is 3.15. The van der Waals surface area contributed by atoms with Crippen molar-refractivity contribution in [1.29, 1.82) is 0 Å². The van der Waals surface area contributed by atoms with Crippen molar-refractivity contribution < 1.29 is 13.9 Å². The minimum Gasteiger partial charge on any atom is -0.507 e. The lowest BCUT2D eigenvalue weighted by molar-refractivity contribution is 0.471. The number of phenolic OH excluding ortho intramolecular Hbond substituents is 1. The number of benzene rings is 2. The second-order valence-electron chi connectivity index (χ2n) is 3.32. The van der Waals surface area contributed by atoms with Crippen LogP contribution < -0.4 is 0 Å². The third-order valence-electron chi connectivity index (χ3n) is 2.13. The summed E-state index contributed by atoms with van der Waals surface area (Å²) in [6.45, 7) is 0. The first-order valence-electron chi connectivity index (χ1n) is 4.51. The second-order valence-corrected chi connectivity index (χ2v) is 4.24. The van der Waals surface area contributed by atoms with Crippen molar-refractivity contribution in [3.05, 3.63) is 52.5 Å². The van der Waals surface area contributed by atoms with Gasteiger partial charge in [0.1, 0.15) is 17.4 Å². The molecule has 0 saturated carbocycles. The maximum atomic E-state index is 13.1. The highest BCUT2D eigenvalue weighted by molar-refractivity contribution is 9.10. The maximum Gasteiger partial charge on any atom is 0.126 e. The highest BCUT2D eigenvalue weighted by atomic mass is 79.9. The summed E-state index contributed by atoms with van der Waals surface area (Å²) in [6, 6.07) is 7.85. The number of aromatic hydroxyl groups is 1. The molecule has 0 bridgehead atoms. The van der Waals surface area contributed by atoms with Gasteiger partial charge in [0.2, 0.25) is 0 Å². The van der Waals surface area contributed by atoms with Crippen LogP contribution in [0.3, 0.4) is 0 Å². The van der Waals surface area contributed by atoms with Gasteiger partial charge in [-0.25, -0.2) is 8.78 Å². The molecule has 0 amide bonds. The average Bonchev–Trinajstić information content (AvgIpc) is 2.15. The minimum absolute atomic E-state index is 0.211. The predicted octanol–water partition coefficient (Wildman–Crippen LogP) is 4.10. The lowest BCUT2D eigenvalue weighted by atomic mass is 10.0. The van der Waals surface area contributed by atoms with E-state index in [1.807, 2.05) is 0 Å². The zero-order chi connectivity index (χ0) is 11.7. The first-order chi connectivity index (χ1) is 7.56. The third kappa shape index (κ3) is 2.22. The lowest BCUT2D eigenvalue weighted by Gasteiger charge is -2.05. The molecule has 0 aromatic heterocycles. The van der Waals surface area contributed by atoms with Crippen LogP contribution in [0.4, 0.5) is 8.78 Å². The fourth-order valence-electron chi connectivity index (χ4n) is 1.46. The highest BCUT2D eigenvalue weighted by Gasteiger charge is 2.07. The van der Waals surface area contributed by atoms with E-state index in [2.05, 4.69) is 15.9 Å². The van der Waals surface area contributed by atoms with Crippen molar-refractivity contribution in [2.24, 2.45) is 0 Å². The Morgan fingerprint density at radius 1 is 0.938 bits per heavy atom. The molecule has 2 rings (SSSR count). The Kier molecular flexibility index (Phi) is 2.92. The summed E-state index contributed by atoms with van der Waals surface area (Å²) in [5.41, 5.74) is 0.881. The first kappa shape index (κ1) is 11.1.